The van der Waals surface area contributed by atoms with E-state index in [0.29, 0.717) is 5.56 Å². The van der Waals surface area contributed by atoms with Crippen molar-refractivity contribution in [2.75, 3.05) is 13.2 Å². The molecule has 1 aliphatic rings. The van der Waals surface area contributed by atoms with E-state index in [1.54, 1.807) is 24.3 Å². The van der Waals surface area contributed by atoms with E-state index in [1.807, 2.05) is 0 Å². The molecule has 0 saturated heterocycles. The van der Waals surface area contributed by atoms with Crippen LogP contribution < -0.4 is 0 Å². The van der Waals surface area contributed by atoms with Gasteiger partial charge in [0.25, 0.3) is 5.91 Å². The van der Waals surface area contributed by atoms with Crippen molar-refractivity contribution in [3.8, 4) is 0 Å². The van der Waals surface area contributed by atoms with Crippen molar-refractivity contribution >= 4 is 17.8 Å². The van der Waals surface area contributed by atoms with Gasteiger partial charge in [-0.1, -0.05) is 18.2 Å². The van der Waals surface area contributed by atoms with Crippen LogP contribution in [0.1, 0.15) is 22.8 Å². The normalized spacial score (nSPS) is 14.4. The minimum Gasteiger partial charge on any atom is -0.464 e. The highest BCUT2D eigenvalue weighted by Crippen LogP contribution is 2.19. The zero-order chi connectivity index (χ0) is 13.1. The van der Waals surface area contributed by atoms with Gasteiger partial charge in [-0.15, -0.1) is 0 Å². The van der Waals surface area contributed by atoms with Gasteiger partial charge >= 0.3 is 5.97 Å². The molecule has 5 heteroatoms. The van der Waals surface area contributed by atoms with Gasteiger partial charge in [0.15, 0.2) is 0 Å². The highest BCUT2D eigenvalue weighted by Gasteiger charge is 2.30. The Balaban J connectivity index is 2.12. The molecule has 1 aromatic carbocycles. The second-order valence-electron chi connectivity index (χ2n) is 4.02. The molecule has 0 radical (unpaired) electrons. The molecule has 2 amide bonds. The second kappa shape index (κ2) is 5.00. The van der Waals surface area contributed by atoms with E-state index in [9.17, 15) is 14.4 Å². The molecule has 0 unspecified atom stereocenters. The van der Waals surface area contributed by atoms with Crippen molar-refractivity contribution < 1.29 is 19.1 Å². The first-order valence-corrected chi connectivity index (χ1v) is 5.65. The topological polar surface area (TPSA) is 63.7 Å². The molecule has 94 valence electrons. The fourth-order valence-corrected chi connectivity index (χ4v) is 1.91. The van der Waals surface area contributed by atoms with E-state index >= 15 is 0 Å². The standard InChI is InChI=1S/C13H13NO4/c1-9(15)18-7-6-14-12(16)8-10-4-2-3-5-11(10)13(14)17/h2-5H,6-8H2,1H3. The van der Waals surface area contributed by atoms with Crippen molar-refractivity contribution in [3.05, 3.63) is 35.4 Å². The van der Waals surface area contributed by atoms with Gasteiger partial charge in [0.05, 0.1) is 13.0 Å². The van der Waals surface area contributed by atoms with Gasteiger partial charge in [-0.05, 0) is 11.6 Å². The number of nitrogens with zero attached hydrogens (tertiary/aromatic N) is 1. The summed E-state index contributed by atoms with van der Waals surface area (Å²) in [5.74, 6) is -1.01. The number of amides is 2. The SMILES string of the molecule is CC(=O)OCCN1C(=O)Cc2ccccc2C1=O. The summed E-state index contributed by atoms with van der Waals surface area (Å²) in [5.41, 5.74) is 1.29. The van der Waals surface area contributed by atoms with Crippen LogP contribution in [0, 0.1) is 0 Å². The van der Waals surface area contributed by atoms with E-state index in [-0.39, 0.29) is 31.4 Å². The average Bonchev–Trinajstić information content (AvgIpc) is 2.33. The lowest BCUT2D eigenvalue weighted by atomic mass is 9.99. The van der Waals surface area contributed by atoms with E-state index < -0.39 is 5.97 Å². The molecule has 18 heavy (non-hydrogen) atoms. The van der Waals surface area contributed by atoms with Crippen LogP contribution in [0.3, 0.4) is 0 Å². The molecule has 0 N–H and O–H groups in total. The van der Waals surface area contributed by atoms with Crippen molar-refractivity contribution in [1.29, 1.82) is 0 Å². The quantitative estimate of drug-likeness (QED) is 0.584. The number of carbonyl (C=O) groups is 3. The Morgan fingerprint density at radius 2 is 2.06 bits per heavy atom. The minimum atomic E-state index is -0.424. The highest BCUT2D eigenvalue weighted by atomic mass is 16.5. The smallest absolute Gasteiger partial charge is 0.302 e. The van der Waals surface area contributed by atoms with Crippen LogP contribution in [0.5, 0.6) is 0 Å². The maximum atomic E-state index is 12.1. The summed E-state index contributed by atoms with van der Waals surface area (Å²) >= 11 is 0. The van der Waals surface area contributed by atoms with E-state index in [0.717, 1.165) is 10.5 Å². The molecule has 1 aromatic rings. The molecule has 5 nitrogen and oxygen atoms in total. The maximum absolute atomic E-state index is 12.1. The van der Waals surface area contributed by atoms with Crippen LogP contribution in [0.4, 0.5) is 0 Å². The second-order valence-corrected chi connectivity index (χ2v) is 4.02. The summed E-state index contributed by atoms with van der Waals surface area (Å²) in [6.45, 7) is 1.43. The van der Waals surface area contributed by atoms with Gasteiger partial charge in [0.2, 0.25) is 5.91 Å². The third-order valence-electron chi connectivity index (χ3n) is 2.76. The number of rotatable bonds is 3. The van der Waals surface area contributed by atoms with Crippen LogP contribution in [0.25, 0.3) is 0 Å². The lowest BCUT2D eigenvalue weighted by Gasteiger charge is -2.26. The molecule has 1 heterocycles. The molecule has 0 aliphatic carbocycles. The average molecular weight is 247 g/mol. The van der Waals surface area contributed by atoms with Crippen molar-refractivity contribution in [3.63, 3.8) is 0 Å². The first-order valence-electron chi connectivity index (χ1n) is 5.65. The number of hydrogen-bond acceptors (Lipinski definition) is 4. The van der Waals surface area contributed by atoms with Crippen molar-refractivity contribution in [1.82, 2.24) is 4.90 Å². The largest absolute Gasteiger partial charge is 0.464 e. The van der Waals surface area contributed by atoms with Gasteiger partial charge in [-0.3, -0.25) is 19.3 Å². The van der Waals surface area contributed by atoms with Gasteiger partial charge in [0, 0.05) is 12.5 Å². The predicted octanol–water partition coefficient (Wildman–Crippen LogP) is 0.775. The van der Waals surface area contributed by atoms with Crippen molar-refractivity contribution in [2.45, 2.75) is 13.3 Å². The molecule has 0 fully saturated rings. The van der Waals surface area contributed by atoms with Crippen LogP contribution >= 0.6 is 0 Å². The Bertz CT molecular complexity index is 509. The molecular formula is C13H13NO4. The van der Waals surface area contributed by atoms with Crippen LogP contribution in [0.2, 0.25) is 0 Å². The fourth-order valence-electron chi connectivity index (χ4n) is 1.91. The van der Waals surface area contributed by atoms with Gasteiger partial charge < -0.3 is 4.74 Å². The van der Waals surface area contributed by atoms with Crippen LogP contribution in [-0.2, 0) is 20.7 Å². The number of fused-ring (bicyclic) bond motifs is 1. The Morgan fingerprint density at radius 3 is 2.78 bits per heavy atom. The van der Waals surface area contributed by atoms with Gasteiger partial charge in [-0.2, -0.15) is 0 Å². The third kappa shape index (κ3) is 2.40. The van der Waals surface area contributed by atoms with Gasteiger partial charge in [0.1, 0.15) is 6.61 Å². The summed E-state index contributed by atoms with van der Waals surface area (Å²) in [4.78, 5) is 35.6. The van der Waals surface area contributed by atoms with Crippen molar-refractivity contribution in [2.24, 2.45) is 0 Å². The molecular weight excluding hydrogens is 234 g/mol. The summed E-state index contributed by atoms with van der Waals surface area (Å²) < 4.78 is 4.74. The number of imide groups is 1. The highest BCUT2D eigenvalue weighted by molar-refractivity contribution is 6.09. The van der Waals surface area contributed by atoms with Gasteiger partial charge in [-0.25, -0.2) is 0 Å². The summed E-state index contributed by atoms with van der Waals surface area (Å²) in [6.07, 6.45) is 0.210. The molecule has 0 saturated carbocycles. The molecule has 0 aromatic heterocycles. The van der Waals surface area contributed by atoms with Crippen LogP contribution in [0.15, 0.2) is 24.3 Å². The third-order valence-corrected chi connectivity index (χ3v) is 2.76. The lowest BCUT2D eigenvalue weighted by Crippen LogP contribution is -2.44. The Kier molecular flexibility index (Phi) is 3.41. The van der Waals surface area contributed by atoms with E-state index in [4.69, 9.17) is 4.74 Å². The molecule has 2 rings (SSSR count). The monoisotopic (exact) mass is 247 g/mol. The Labute approximate surface area is 104 Å². The fraction of sp³-hybridized carbons (Fsp3) is 0.308. The molecule has 0 spiro atoms. The van der Waals surface area contributed by atoms with E-state index in [1.165, 1.54) is 6.92 Å². The lowest BCUT2D eigenvalue weighted by molar-refractivity contribution is -0.142. The Hall–Kier alpha value is -2.17. The molecule has 1 aliphatic heterocycles. The first kappa shape index (κ1) is 12.3. The number of benzene rings is 1. The Morgan fingerprint density at radius 1 is 1.33 bits per heavy atom. The molecule has 0 atom stereocenters. The summed E-state index contributed by atoms with van der Waals surface area (Å²) in [5, 5.41) is 0. The molecule has 0 bridgehead atoms. The van der Waals surface area contributed by atoms with Crippen LogP contribution in [-0.4, -0.2) is 35.8 Å². The predicted molar refractivity (Wildman–Crippen MR) is 62.8 cm³/mol. The summed E-state index contributed by atoms with van der Waals surface area (Å²) in [7, 11) is 0. The summed E-state index contributed by atoms with van der Waals surface area (Å²) in [6, 6.07) is 7.03. The number of esters is 1. The zero-order valence-electron chi connectivity index (χ0n) is 10.0. The number of ether oxygens (including phenoxy) is 1. The minimum absolute atomic E-state index is 0.0367. The zero-order valence-corrected chi connectivity index (χ0v) is 10.0. The number of carbonyl (C=O) groups excluding carboxylic acids is 3. The maximum Gasteiger partial charge on any atom is 0.302 e. The van der Waals surface area contributed by atoms with E-state index in [2.05, 4.69) is 0 Å². The number of hydrogen-bond donors (Lipinski definition) is 0. The first-order chi connectivity index (χ1) is 8.59.